The van der Waals surface area contributed by atoms with Gasteiger partial charge in [-0.1, -0.05) is 0 Å². The van der Waals surface area contributed by atoms with E-state index in [0.717, 1.165) is 19.4 Å². The van der Waals surface area contributed by atoms with Crippen LogP contribution in [0.15, 0.2) is 0 Å². The van der Waals surface area contributed by atoms with Gasteiger partial charge in [0, 0.05) is 19.8 Å². The molecule has 0 amide bonds. The minimum Gasteiger partial charge on any atom is -0.395 e. The van der Waals surface area contributed by atoms with Gasteiger partial charge in [-0.25, -0.2) is 0 Å². The van der Waals surface area contributed by atoms with Crippen LogP contribution < -0.4 is 5.73 Å². The smallest absolute Gasteiger partial charge is 0.0582 e. The molecule has 0 radical (unpaired) electrons. The summed E-state index contributed by atoms with van der Waals surface area (Å²) in [4.78, 5) is 0. The highest BCUT2D eigenvalue weighted by atomic mass is 16.5. The summed E-state index contributed by atoms with van der Waals surface area (Å²) in [6.45, 7) is 0.803. The topological polar surface area (TPSA) is 55.5 Å². The molecule has 0 fully saturated rings. The molecular weight excluding hydrogens is 118 g/mol. The van der Waals surface area contributed by atoms with Crippen LogP contribution >= 0.6 is 0 Å². The number of methoxy groups -OCH3 is 1. The SMILES string of the molecule is COCCCC(N)CO. The molecule has 0 aliphatic heterocycles. The van der Waals surface area contributed by atoms with Gasteiger partial charge in [-0.15, -0.1) is 0 Å². The largest absolute Gasteiger partial charge is 0.395 e. The Kier molecular flexibility index (Phi) is 5.93. The van der Waals surface area contributed by atoms with Crippen molar-refractivity contribution in [1.29, 1.82) is 0 Å². The molecule has 3 heteroatoms. The van der Waals surface area contributed by atoms with E-state index in [4.69, 9.17) is 15.6 Å². The molecule has 0 aliphatic carbocycles. The van der Waals surface area contributed by atoms with Gasteiger partial charge in [-0.3, -0.25) is 0 Å². The van der Waals surface area contributed by atoms with Crippen molar-refractivity contribution in [2.45, 2.75) is 18.9 Å². The maximum absolute atomic E-state index is 8.47. The van der Waals surface area contributed by atoms with E-state index in [0.29, 0.717) is 0 Å². The van der Waals surface area contributed by atoms with Gasteiger partial charge in [0.05, 0.1) is 6.61 Å². The molecule has 3 nitrogen and oxygen atoms in total. The van der Waals surface area contributed by atoms with Gasteiger partial charge in [0.1, 0.15) is 0 Å². The van der Waals surface area contributed by atoms with Gasteiger partial charge in [-0.2, -0.15) is 0 Å². The summed E-state index contributed by atoms with van der Waals surface area (Å²) in [6, 6.07) is -0.0693. The average Bonchev–Trinajstić information content (AvgIpc) is 1.89. The Hall–Kier alpha value is -0.120. The monoisotopic (exact) mass is 133 g/mol. The van der Waals surface area contributed by atoms with Crippen LogP contribution in [0.3, 0.4) is 0 Å². The molecule has 9 heavy (non-hydrogen) atoms. The molecule has 0 aromatic rings. The minimum atomic E-state index is -0.0693. The second-order valence-electron chi connectivity index (χ2n) is 2.08. The zero-order chi connectivity index (χ0) is 7.11. The van der Waals surface area contributed by atoms with E-state index in [1.54, 1.807) is 7.11 Å². The molecule has 0 aromatic heterocycles. The maximum Gasteiger partial charge on any atom is 0.0582 e. The number of rotatable bonds is 5. The lowest BCUT2D eigenvalue weighted by molar-refractivity contribution is 0.183. The van der Waals surface area contributed by atoms with Crippen LogP contribution in [0.25, 0.3) is 0 Å². The van der Waals surface area contributed by atoms with Gasteiger partial charge in [0.25, 0.3) is 0 Å². The summed E-state index contributed by atoms with van der Waals surface area (Å²) < 4.78 is 4.80. The molecule has 56 valence electrons. The standard InChI is InChI=1S/C6H15NO2/c1-9-4-2-3-6(7)5-8/h6,8H,2-5,7H2,1H3. The molecule has 0 saturated carbocycles. The predicted molar refractivity (Wildman–Crippen MR) is 36.2 cm³/mol. The molecule has 3 N–H and O–H groups in total. The van der Waals surface area contributed by atoms with E-state index in [-0.39, 0.29) is 12.6 Å². The summed E-state index contributed by atoms with van der Waals surface area (Å²) >= 11 is 0. The second kappa shape index (κ2) is 6.01. The molecule has 0 aliphatic rings. The Morgan fingerprint density at radius 2 is 2.33 bits per heavy atom. The van der Waals surface area contributed by atoms with Gasteiger partial charge >= 0.3 is 0 Å². The van der Waals surface area contributed by atoms with Crippen molar-refractivity contribution >= 4 is 0 Å². The van der Waals surface area contributed by atoms with Crippen LogP contribution in [-0.4, -0.2) is 31.5 Å². The van der Waals surface area contributed by atoms with Crippen LogP contribution in [0, 0.1) is 0 Å². The molecule has 0 rings (SSSR count). The maximum atomic E-state index is 8.47. The first-order chi connectivity index (χ1) is 4.31. The molecule has 1 atom stereocenters. The second-order valence-corrected chi connectivity index (χ2v) is 2.08. The third kappa shape index (κ3) is 5.76. The summed E-state index contributed by atoms with van der Waals surface area (Å²) in [5.74, 6) is 0. The molecule has 0 aromatic carbocycles. The first kappa shape index (κ1) is 8.88. The van der Waals surface area contributed by atoms with E-state index in [1.807, 2.05) is 0 Å². The van der Waals surface area contributed by atoms with Crippen LogP contribution in [-0.2, 0) is 4.74 Å². The third-order valence-corrected chi connectivity index (χ3v) is 1.16. The number of hydrogen-bond acceptors (Lipinski definition) is 3. The fraction of sp³-hybridized carbons (Fsp3) is 1.00. The number of aliphatic hydroxyl groups is 1. The van der Waals surface area contributed by atoms with E-state index < -0.39 is 0 Å². The predicted octanol–water partition coefficient (Wildman–Crippen LogP) is -0.267. The van der Waals surface area contributed by atoms with Crippen molar-refractivity contribution < 1.29 is 9.84 Å². The lowest BCUT2D eigenvalue weighted by Gasteiger charge is -2.05. The molecule has 0 saturated heterocycles. The lowest BCUT2D eigenvalue weighted by Crippen LogP contribution is -2.24. The van der Waals surface area contributed by atoms with Crippen LogP contribution in [0.4, 0.5) is 0 Å². The normalized spacial score (nSPS) is 13.7. The molecule has 0 spiro atoms. The van der Waals surface area contributed by atoms with Crippen LogP contribution in [0.5, 0.6) is 0 Å². The minimum absolute atomic E-state index is 0.0693. The molecule has 0 bridgehead atoms. The van der Waals surface area contributed by atoms with Crippen molar-refractivity contribution in [3.8, 4) is 0 Å². The number of hydrogen-bond donors (Lipinski definition) is 2. The number of nitrogens with two attached hydrogens (primary N) is 1. The molecule has 0 heterocycles. The highest BCUT2D eigenvalue weighted by Crippen LogP contribution is 1.92. The van der Waals surface area contributed by atoms with E-state index in [2.05, 4.69) is 0 Å². The first-order valence-electron chi connectivity index (χ1n) is 3.16. The third-order valence-electron chi connectivity index (χ3n) is 1.16. The van der Waals surface area contributed by atoms with Crippen molar-refractivity contribution in [3.05, 3.63) is 0 Å². The molecular formula is C6H15NO2. The fourth-order valence-electron chi connectivity index (χ4n) is 0.581. The summed E-state index contributed by atoms with van der Waals surface area (Å²) in [5, 5.41) is 8.47. The van der Waals surface area contributed by atoms with E-state index in [1.165, 1.54) is 0 Å². The van der Waals surface area contributed by atoms with Crippen molar-refractivity contribution in [2.75, 3.05) is 20.3 Å². The van der Waals surface area contributed by atoms with Crippen LogP contribution in [0.2, 0.25) is 0 Å². The van der Waals surface area contributed by atoms with Gasteiger partial charge < -0.3 is 15.6 Å². The Labute approximate surface area is 55.8 Å². The van der Waals surface area contributed by atoms with Gasteiger partial charge in [0.2, 0.25) is 0 Å². The van der Waals surface area contributed by atoms with Crippen molar-refractivity contribution in [3.63, 3.8) is 0 Å². The Balaban J connectivity index is 2.88. The van der Waals surface area contributed by atoms with Crippen LogP contribution in [0.1, 0.15) is 12.8 Å². The van der Waals surface area contributed by atoms with Gasteiger partial charge in [-0.05, 0) is 12.8 Å². The quantitative estimate of drug-likeness (QED) is 0.508. The molecule has 1 unspecified atom stereocenters. The Morgan fingerprint density at radius 1 is 1.67 bits per heavy atom. The average molecular weight is 133 g/mol. The highest BCUT2D eigenvalue weighted by molar-refractivity contribution is 4.57. The summed E-state index contributed by atoms with van der Waals surface area (Å²) in [7, 11) is 1.66. The number of aliphatic hydroxyl groups excluding tert-OH is 1. The first-order valence-corrected chi connectivity index (χ1v) is 3.16. The lowest BCUT2D eigenvalue weighted by atomic mass is 10.2. The van der Waals surface area contributed by atoms with E-state index in [9.17, 15) is 0 Å². The fourth-order valence-corrected chi connectivity index (χ4v) is 0.581. The van der Waals surface area contributed by atoms with Gasteiger partial charge in [0.15, 0.2) is 0 Å². The summed E-state index contributed by atoms with van der Waals surface area (Å²) in [6.07, 6.45) is 1.77. The number of ether oxygens (including phenoxy) is 1. The highest BCUT2D eigenvalue weighted by Gasteiger charge is 1.97. The summed E-state index contributed by atoms with van der Waals surface area (Å²) in [5.41, 5.74) is 5.41. The van der Waals surface area contributed by atoms with E-state index >= 15 is 0 Å². The Bertz CT molecular complexity index is 59.0. The zero-order valence-corrected chi connectivity index (χ0v) is 5.84. The Morgan fingerprint density at radius 3 is 2.78 bits per heavy atom. The van der Waals surface area contributed by atoms with Crippen molar-refractivity contribution in [1.82, 2.24) is 0 Å². The zero-order valence-electron chi connectivity index (χ0n) is 5.84. The van der Waals surface area contributed by atoms with Crippen molar-refractivity contribution in [2.24, 2.45) is 5.73 Å².